The summed E-state index contributed by atoms with van der Waals surface area (Å²) in [5.74, 6) is -0.199. The molecule has 27 heavy (non-hydrogen) atoms. The molecule has 6 nitrogen and oxygen atoms in total. The lowest BCUT2D eigenvalue weighted by molar-refractivity contribution is -0.118. The first-order valence-corrected chi connectivity index (χ1v) is 9.17. The molecule has 2 aromatic carbocycles. The summed E-state index contributed by atoms with van der Waals surface area (Å²) in [5.41, 5.74) is 2.93. The SMILES string of the molecule is CCN(CC)C(=O)c1cccc(NC(=O)[C@H](C)n2cnc3ccccc32)c1. The van der Waals surface area contributed by atoms with Gasteiger partial charge in [0.15, 0.2) is 0 Å². The summed E-state index contributed by atoms with van der Waals surface area (Å²) in [7, 11) is 0. The van der Waals surface area contributed by atoms with Crippen LogP contribution < -0.4 is 5.32 Å². The quantitative estimate of drug-likeness (QED) is 0.725. The third-order valence-electron chi connectivity index (χ3n) is 4.71. The van der Waals surface area contributed by atoms with E-state index in [1.54, 1.807) is 35.5 Å². The van der Waals surface area contributed by atoms with Crippen LogP contribution in [0.5, 0.6) is 0 Å². The number of aromatic nitrogens is 2. The highest BCUT2D eigenvalue weighted by molar-refractivity contribution is 5.98. The number of nitrogens with zero attached hydrogens (tertiary/aromatic N) is 3. The number of rotatable bonds is 6. The summed E-state index contributed by atoms with van der Waals surface area (Å²) >= 11 is 0. The Morgan fingerprint density at radius 3 is 2.59 bits per heavy atom. The minimum Gasteiger partial charge on any atom is -0.339 e. The van der Waals surface area contributed by atoms with E-state index in [-0.39, 0.29) is 11.8 Å². The van der Waals surface area contributed by atoms with Crippen LogP contribution in [-0.2, 0) is 4.79 Å². The molecular formula is C21H24N4O2. The summed E-state index contributed by atoms with van der Waals surface area (Å²) in [6, 6.07) is 14.3. The second-order valence-corrected chi connectivity index (χ2v) is 6.36. The molecule has 1 N–H and O–H groups in total. The smallest absolute Gasteiger partial charge is 0.253 e. The molecule has 1 heterocycles. The predicted octanol–water partition coefficient (Wildman–Crippen LogP) is 3.72. The maximum absolute atomic E-state index is 12.7. The van der Waals surface area contributed by atoms with Crippen molar-refractivity contribution in [2.24, 2.45) is 0 Å². The average molecular weight is 364 g/mol. The van der Waals surface area contributed by atoms with Gasteiger partial charge in [-0.2, -0.15) is 0 Å². The molecule has 0 aliphatic rings. The van der Waals surface area contributed by atoms with Crippen molar-refractivity contribution in [3.8, 4) is 0 Å². The number of para-hydroxylation sites is 2. The molecule has 0 aliphatic carbocycles. The molecule has 6 heteroatoms. The zero-order valence-corrected chi connectivity index (χ0v) is 15.8. The number of anilines is 1. The van der Waals surface area contributed by atoms with Gasteiger partial charge in [-0.1, -0.05) is 18.2 Å². The lowest BCUT2D eigenvalue weighted by Crippen LogP contribution is -2.30. The van der Waals surface area contributed by atoms with E-state index in [1.807, 2.05) is 49.6 Å². The highest BCUT2D eigenvalue weighted by atomic mass is 16.2. The van der Waals surface area contributed by atoms with E-state index in [0.717, 1.165) is 11.0 Å². The van der Waals surface area contributed by atoms with Crippen molar-refractivity contribution >= 4 is 28.5 Å². The van der Waals surface area contributed by atoms with Crippen LogP contribution in [0.1, 0.15) is 37.2 Å². The highest BCUT2D eigenvalue weighted by Gasteiger charge is 2.18. The summed E-state index contributed by atoms with van der Waals surface area (Å²) in [6.45, 7) is 7.02. The van der Waals surface area contributed by atoms with Gasteiger partial charge in [-0.15, -0.1) is 0 Å². The van der Waals surface area contributed by atoms with Crippen LogP contribution in [0.2, 0.25) is 0 Å². The zero-order chi connectivity index (χ0) is 19.4. The van der Waals surface area contributed by atoms with Gasteiger partial charge in [0.1, 0.15) is 6.04 Å². The predicted molar refractivity (Wildman–Crippen MR) is 107 cm³/mol. The van der Waals surface area contributed by atoms with Crippen LogP contribution in [0.4, 0.5) is 5.69 Å². The van der Waals surface area contributed by atoms with E-state index in [9.17, 15) is 9.59 Å². The van der Waals surface area contributed by atoms with Crippen molar-refractivity contribution in [3.63, 3.8) is 0 Å². The van der Waals surface area contributed by atoms with Gasteiger partial charge in [0.2, 0.25) is 5.91 Å². The first kappa shape index (κ1) is 18.6. The van der Waals surface area contributed by atoms with Crippen molar-refractivity contribution in [2.75, 3.05) is 18.4 Å². The summed E-state index contributed by atoms with van der Waals surface area (Å²) in [6.07, 6.45) is 1.68. The Kier molecular flexibility index (Phi) is 5.54. The number of amides is 2. The first-order valence-electron chi connectivity index (χ1n) is 9.17. The van der Waals surface area contributed by atoms with Crippen LogP contribution in [0.15, 0.2) is 54.9 Å². The Bertz CT molecular complexity index is 959. The van der Waals surface area contributed by atoms with Gasteiger partial charge in [-0.05, 0) is 51.1 Å². The Morgan fingerprint density at radius 1 is 1.11 bits per heavy atom. The van der Waals surface area contributed by atoms with Gasteiger partial charge < -0.3 is 14.8 Å². The van der Waals surface area contributed by atoms with Crippen LogP contribution in [0.25, 0.3) is 11.0 Å². The second kappa shape index (κ2) is 8.03. The number of imidazole rings is 1. The summed E-state index contributed by atoms with van der Waals surface area (Å²) < 4.78 is 1.84. The molecular weight excluding hydrogens is 340 g/mol. The van der Waals surface area contributed by atoms with Crippen molar-refractivity contribution in [1.29, 1.82) is 0 Å². The van der Waals surface area contributed by atoms with Crippen LogP contribution in [0, 0.1) is 0 Å². The van der Waals surface area contributed by atoms with E-state index in [4.69, 9.17) is 0 Å². The third kappa shape index (κ3) is 3.84. The molecule has 1 atom stereocenters. The molecule has 3 aromatic rings. The van der Waals surface area contributed by atoms with Crippen molar-refractivity contribution in [1.82, 2.24) is 14.5 Å². The molecule has 0 fully saturated rings. The molecule has 0 aliphatic heterocycles. The molecule has 1 aromatic heterocycles. The topological polar surface area (TPSA) is 67.2 Å². The Labute approximate surface area is 158 Å². The Morgan fingerprint density at radius 2 is 1.85 bits per heavy atom. The zero-order valence-electron chi connectivity index (χ0n) is 15.8. The molecule has 3 rings (SSSR count). The number of nitrogens with one attached hydrogen (secondary N) is 1. The Hall–Kier alpha value is -3.15. The van der Waals surface area contributed by atoms with Gasteiger partial charge in [0.05, 0.1) is 17.4 Å². The van der Waals surface area contributed by atoms with Gasteiger partial charge in [0, 0.05) is 24.3 Å². The van der Waals surface area contributed by atoms with Crippen molar-refractivity contribution < 1.29 is 9.59 Å². The van der Waals surface area contributed by atoms with Crippen molar-refractivity contribution in [3.05, 3.63) is 60.4 Å². The second-order valence-electron chi connectivity index (χ2n) is 6.36. The Balaban J connectivity index is 1.78. The normalized spacial score (nSPS) is 12.0. The van der Waals surface area contributed by atoms with E-state index >= 15 is 0 Å². The van der Waals surface area contributed by atoms with Gasteiger partial charge in [0.25, 0.3) is 5.91 Å². The van der Waals surface area contributed by atoms with E-state index in [0.29, 0.717) is 24.3 Å². The fraction of sp³-hybridized carbons (Fsp3) is 0.286. The summed E-state index contributed by atoms with van der Waals surface area (Å²) in [4.78, 5) is 31.3. The number of carbonyl (C=O) groups is 2. The molecule has 0 bridgehead atoms. The number of hydrogen-bond donors (Lipinski definition) is 1. The standard InChI is InChI=1S/C21H24N4O2/c1-4-24(5-2)21(27)16-9-8-10-17(13-16)23-20(26)15(3)25-14-22-18-11-6-7-12-19(18)25/h6-15H,4-5H2,1-3H3,(H,23,26)/t15-/m0/s1. The van der Waals surface area contributed by atoms with E-state index < -0.39 is 6.04 Å². The lowest BCUT2D eigenvalue weighted by Gasteiger charge is -2.19. The lowest BCUT2D eigenvalue weighted by atomic mass is 10.1. The fourth-order valence-corrected chi connectivity index (χ4v) is 3.08. The third-order valence-corrected chi connectivity index (χ3v) is 4.71. The van der Waals surface area contributed by atoms with Crippen molar-refractivity contribution in [2.45, 2.75) is 26.8 Å². The molecule has 0 saturated carbocycles. The molecule has 0 radical (unpaired) electrons. The molecule has 140 valence electrons. The number of hydrogen-bond acceptors (Lipinski definition) is 3. The number of carbonyl (C=O) groups excluding carboxylic acids is 2. The van der Waals surface area contributed by atoms with Crippen LogP contribution in [-0.4, -0.2) is 39.4 Å². The number of fused-ring (bicyclic) bond motifs is 1. The van der Waals surface area contributed by atoms with E-state index in [1.165, 1.54) is 0 Å². The maximum atomic E-state index is 12.7. The van der Waals surface area contributed by atoms with Gasteiger partial charge in [-0.3, -0.25) is 9.59 Å². The summed E-state index contributed by atoms with van der Waals surface area (Å²) in [5, 5.41) is 2.91. The minimum atomic E-state index is -0.431. The molecule has 0 spiro atoms. The van der Waals surface area contributed by atoms with Crippen LogP contribution >= 0.6 is 0 Å². The number of benzene rings is 2. The minimum absolute atomic E-state index is 0.0373. The van der Waals surface area contributed by atoms with Crippen LogP contribution in [0.3, 0.4) is 0 Å². The van der Waals surface area contributed by atoms with Gasteiger partial charge in [-0.25, -0.2) is 4.98 Å². The largest absolute Gasteiger partial charge is 0.339 e. The molecule has 2 amide bonds. The van der Waals surface area contributed by atoms with Gasteiger partial charge >= 0.3 is 0 Å². The fourth-order valence-electron chi connectivity index (χ4n) is 3.08. The molecule has 0 saturated heterocycles. The average Bonchev–Trinajstić information content (AvgIpc) is 3.12. The maximum Gasteiger partial charge on any atom is 0.253 e. The molecule has 0 unspecified atom stereocenters. The first-order chi connectivity index (χ1) is 13.0. The van der Waals surface area contributed by atoms with E-state index in [2.05, 4.69) is 10.3 Å². The highest BCUT2D eigenvalue weighted by Crippen LogP contribution is 2.20. The monoisotopic (exact) mass is 364 g/mol.